The Kier molecular flexibility index (Phi) is 2.22. The molecule has 4 heteroatoms. The van der Waals surface area contributed by atoms with Gasteiger partial charge in [0.15, 0.2) is 6.04 Å². The van der Waals surface area contributed by atoms with E-state index in [1.807, 2.05) is 13.8 Å². The highest BCUT2D eigenvalue weighted by Gasteiger charge is 2.29. The van der Waals surface area contributed by atoms with Crippen LogP contribution in [-0.4, -0.2) is 23.2 Å². The fourth-order valence-corrected chi connectivity index (χ4v) is 1.04. The minimum absolute atomic E-state index is 0.107. The van der Waals surface area contributed by atoms with Gasteiger partial charge < -0.3 is 5.11 Å². The Bertz CT molecular complexity index is 189. The van der Waals surface area contributed by atoms with Gasteiger partial charge in [-0.3, -0.25) is 0 Å². The van der Waals surface area contributed by atoms with E-state index >= 15 is 0 Å². The summed E-state index contributed by atoms with van der Waals surface area (Å²) in [6, 6.07) is -0.488. The van der Waals surface area contributed by atoms with E-state index in [-0.39, 0.29) is 6.04 Å². The van der Waals surface area contributed by atoms with Crippen molar-refractivity contribution in [2.24, 2.45) is 16.1 Å². The monoisotopic (exact) mass is 156 g/mol. The lowest BCUT2D eigenvalue weighted by Crippen LogP contribution is -2.20. The maximum Gasteiger partial charge on any atom is 0.330 e. The van der Waals surface area contributed by atoms with Crippen LogP contribution in [0.3, 0.4) is 0 Å². The van der Waals surface area contributed by atoms with Crippen LogP contribution in [0.2, 0.25) is 0 Å². The van der Waals surface area contributed by atoms with Gasteiger partial charge in [-0.05, 0) is 5.92 Å². The van der Waals surface area contributed by atoms with Crippen molar-refractivity contribution in [1.29, 1.82) is 0 Å². The second-order valence-electron chi connectivity index (χ2n) is 3.13. The molecule has 0 aromatic heterocycles. The number of azo groups is 1. The maximum atomic E-state index is 10.4. The Morgan fingerprint density at radius 3 is 2.45 bits per heavy atom. The van der Waals surface area contributed by atoms with Crippen LogP contribution in [0.1, 0.15) is 20.3 Å². The van der Waals surface area contributed by atoms with Gasteiger partial charge in [-0.1, -0.05) is 13.8 Å². The Morgan fingerprint density at radius 1 is 1.55 bits per heavy atom. The molecule has 0 aliphatic carbocycles. The number of nitrogens with zero attached hydrogens (tertiary/aromatic N) is 2. The van der Waals surface area contributed by atoms with Crippen LogP contribution >= 0.6 is 0 Å². The molecule has 1 N–H and O–H groups in total. The van der Waals surface area contributed by atoms with Gasteiger partial charge in [0, 0.05) is 6.42 Å². The van der Waals surface area contributed by atoms with Gasteiger partial charge in [0.25, 0.3) is 0 Å². The summed E-state index contributed by atoms with van der Waals surface area (Å²) in [6.45, 7) is 4.04. The van der Waals surface area contributed by atoms with Crippen LogP contribution in [0.25, 0.3) is 0 Å². The fourth-order valence-electron chi connectivity index (χ4n) is 1.04. The predicted molar refractivity (Wildman–Crippen MR) is 39.5 cm³/mol. The summed E-state index contributed by atoms with van der Waals surface area (Å²) in [7, 11) is 0. The lowest BCUT2D eigenvalue weighted by Gasteiger charge is -2.08. The van der Waals surface area contributed by atoms with Crippen LogP contribution in [0.5, 0.6) is 0 Å². The summed E-state index contributed by atoms with van der Waals surface area (Å²) in [5.41, 5.74) is 0. The molecular weight excluding hydrogens is 144 g/mol. The zero-order valence-electron chi connectivity index (χ0n) is 6.69. The SMILES string of the molecule is CC(C)C1CC(C(=O)O)N=N1. The minimum Gasteiger partial charge on any atom is -0.480 e. The van der Waals surface area contributed by atoms with Crippen LogP contribution in [-0.2, 0) is 4.79 Å². The summed E-state index contributed by atoms with van der Waals surface area (Å²) in [5, 5.41) is 16.1. The Balaban J connectivity index is 2.49. The van der Waals surface area contributed by atoms with E-state index in [1.165, 1.54) is 0 Å². The summed E-state index contributed by atoms with van der Waals surface area (Å²) < 4.78 is 0. The topological polar surface area (TPSA) is 62.0 Å². The molecule has 0 saturated heterocycles. The van der Waals surface area contributed by atoms with Gasteiger partial charge in [-0.2, -0.15) is 10.2 Å². The van der Waals surface area contributed by atoms with E-state index in [1.54, 1.807) is 0 Å². The first-order valence-corrected chi connectivity index (χ1v) is 3.74. The fraction of sp³-hybridized carbons (Fsp3) is 0.857. The number of carboxylic acid groups (broad SMARTS) is 1. The molecule has 2 atom stereocenters. The van der Waals surface area contributed by atoms with Crippen molar-refractivity contribution >= 4 is 5.97 Å². The quantitative estimate of drug-likeness (QED) is 0.655. The van der Waals surface area contributed by atoms with Gasteiger partial charge in [-0.15, -0.1) is 0 Å². The van der Waals surface area contributed by atoms with E-state index in [0.29, 0.717) is 12.3 Å². The number of aliphatic carboxylic acids is 1. The largest absolute Gasteiger partial charge is 0.480 e. The zero-order chi connectivity index (χ0) is 8.43. The first-order valence-electron chi connectivity index (χ1n) is 3.74. The average molecular weight is 156 g/mol. The molecule has 0 radical (unpaired) electrons. The smallest absolute Gasteiger partial charge is 0.330 e. The van der Waals surface area contributed by atoms with Crippen LogP contribution in [0, 0.1) is 5.92 Å². The molecule has 11 heavy (non-hydrogen) atoms. The lowest BCUT2D eigenvalue weighted by atomic mass is 9.99. The van der Waals surface area contributed by atoms with Crippen molar-refractivity contribution in [3.05, 3.63) is 0 Å². The van der Waals surface area contributed by atoms with Gasteiger partial charge in [-0.25, -0.2) is 4.79 Å². The summed E-state index contributed by atoms with van der Waals surface area (Å²) in [6.07, 6.45) is 0.563. The number of carboxylic acids is 1. The molecule has 0 saturated carbocycles. The van der Waals surface area contributed by atoms with Gasteiger partial charge in [0.05, 0.1) is 6.04 Å². The van der Waals surface area contributed by atoms with Crippen molar-refractivity contribution in [3.8, 4) is 0 Å². The van der Waals surface area contributed by atoms with Crippen LogP contribution < -0.4 is 0 Å². The summed E-state index contributed by atoms with van der Waals surface area (Å²) in [4.78, 5) is 10.4. The van der Waals surface area contributed by atoms with E-state index < -0.39 is 12.0 Å². The molecule has 2 unspecified atom stereocenters. The van der Waals surface area contributed by atoms with E-state index in [2.05, 4.69) is 10.2 Å². The summed E-state index contributed by atoms with van der Waals surface area (Å²) >= 11 is 0. The molecule has 1 rings (SSSR count). The molecule has 0 spiro atoms. The van der Waals surface area contributed by atoms with Crippen molar-refractivity contribution < 1.29 is 9.90 Å². The van der Waals surface area contributed by atoms with Crippen molar-refractivity contribution in [1.82, 2.24) is 0 Å². The normalized spacial score (nSPS) is 29.7. The van der Waals surface area contributed by atoms with Gasteiger partial charge >= 0.3 is 5.97 Å². The summed E-state index contributed by atoms with van der Waals surface area (Å²) in [5.74, 6) is -0.472. The predicted octanol–water partition coefficient (Wildman–Crippen LogP) is 1.32. The molecule has 1 aliphatic heterocycles. The molecule has 4 nitrogen and oxygen atoms in total. The van der Waals surface area contributed by atoms with Gasteiger partial charge in [0.2, 0.25) is 0 Å². The molecule has 0 bridgehead atoms. The highest BCUT2D eigenvalue weighted by atomic mass is 16.4. The molecule has 0 aromatic rings. The van der Waals surface area contributed by atoms with Crippen molar-refractivity contribution in [3.63, 3.8) is 0 Å². The molecule has 0 aromatic carbocycles. The molecular formula is C7H12N2O2. The first-order chi connectivity index (χ1) is 5.11. The molecule has 0 fully saturated rings. The van der Waals surface area contributed by atoms with E-state index in [4.69, 9.17) is 5.11 Å². The average Bonchev–Trinajstić information content (AvgIpc) is 2.33. The van der Waals surface area contributed by atoms with E-state index in [9.17, 15) is 4.79 Å². The number of hydrogen-bond donors (Lipinski definition) is 1. The molecule has 0 amide bonds. The standard InChI is InChI=1S/C7H12N2O2/c1-4(2)5-3-6(7(10)11)9-8-5/h4-6H,3H2,1-2H3,(H,10,11). The first kappa shape index (κ1) is 8.17. The van der Waals surface area contributed by atoms with Gasteiger partial charge in [0.1, 0.15) is 0 Å². The second kappa shape index (κ2) is 2.98. The minimum atomic E-state index is -0.864. The molecule has 62 valence electrons. The van der Waals surface area contributed by atoms with Crippen LogP contribution in [0.15, 0.2) is 10.2 Å². The molecule has 1 aliphatic rings. The third-order valence-electron chi connectivity index (χ3n) is 1.87. The third-order valence-corrected chi connectivity index (χ3v) is 1.87. The highest BCUT2D eigenvalue weighted by Crippen LogP contribution is 2.21. The Morgan fingerprint density at radius 2 is 2.18 bits per heavy atom. The van der Waals surface area contributed by atoms with Crippen molar-refractivity contribution in [2.45, 2.75) is 32.4 Å². The Hall–Kier alpha value is -0.930. The molecule has 1 heterocycles. The van der Waals surface area contributed by atoms with Crippen molar-refractivity contribution in [2.75, 3.05) is 0 Å². The number of rotatable bonds is 2. The second-order valence-corrected chi connectivity index (χ2v) is 3.13. The Labute approximate surface area is 65.3 Å². The number of hydrogen-bond acceptors (Lipinski definition) is 3. The van der Waals surface area contributed by atoms with E-state index in [0.717, 1.165) is 0 Å². The zero-order valence-corrected chi connectivity index (χ0v) is 6.69. The highest BCUT2D eigenvalue weighted by molar-refractivity contribution is 5.73. The number of carbonyl (C=O) groups is 1. The lowest BCUT2D eigenvalue weighted by molar-refractivity contribution is -0.138. The maximum absolute atomic E-state index is 10.4. The van der Waals surface area contributed by atoms with Crippen LogP contribution in [0.4, 0.5) is 0 Å². The third kappa shape index (κ3) is 1.76.